The van der Waals surface area contributed by atoms with Gasteiger partial charge in [0.2, 0.25) is 0 Å². The first-order valence-corrected chi connectivity index (χ1v) is 8.65. The van der Waals surface area contributed by atoms with Gasteiger partial charge in [-0.25, -0.2) is 0 Å². The van der Waals surface area contributed by atoms with E-state index in [0.717, 1.165) is 23.8 Å². The van der Waals surface area contributed by atoms with Crippen LogP contribution in [-0.4, -0.2) is 19.8 Å². The Morgan fingerprint density at radius 2 is 1.61 bits per heavy atom. The first kappa shape index (κ1) is 18.4. The molecular formula is C19H30ClNO2. The molecule has 3 nitrogen and oxygen atoms in total. The normalized spacial score (nSPS) is 23.6. The Labute approximate surface area is 146 Å². The van der Waals surface area contributed by atoms with Crippen molar-refractivity contribution < 1.29 is 27.2 Å². The molecule has 1 fully saturated rings. The van der Waals surface area contributed by atoms with Gasteiger partial charge in [-0.05, 0) is 44.4 Å². The standard InChI is InChI=1S/C19H29NO2.ClH/c1-19(2)12-14-10-16(21-3)17(22-4)11-15(14)18(20-19)13-8-6-5-7-9-13;/h10-11,13,18,20H,5-9,12H2,1-4H3;1H. The topological polar surface area (TPSA) is 35.1 Å². The summed E-state index contributed by atoms with van der Waals surface area (Å²) in [6.07, 6.45) is 8.00. The first-order valence-electron chi connectivity index (χ1n) is 8.65. The van der Waals surface area contributed by atoms with E-state index in [1.165, 1.54) is 43.2 Å². The molecule has 1 aromatic carbocycles. The summed E-state index contributed by atoms with van der Waals surface area (Å²) in [5.41, 5.74) is 3.18. The largest absolute Gasteiger partial charge is 1.00 e. The van der Waals surface area contributed by atoms with Crippen LogP contribution in [0, 0.1) is 5.92 Å². The SMILES string of the molecule is COc1cc2c(cc1OC)C(C1CCCCC1)[NH2+]C(C)(C)C2.[Cl-]. The van der Waals surface area contributed by atoms with Crippen LogP contribution in [0.5, 0.6) is 11.5 Å². The van der Waals surface area contributed by atoms with Gasteiger partial charge in [0.1, 0.15) is 6.04 Å². The Balaban J connectivity index is 0.00000192. The molecule has 23 heavy (non-hydrogen) atoms. The van der Waals surface area contributed by atoms with E-state index in [-0.39, 0.29) is 17.9 Å². The summed E-state index contributed by atoms with van der Waals surface area (Å²) in [6, 6.07) is 5.01. The first-order chi connectivity index (χ1) is 10.5. The summed E-state index contributed by atoms with van der Waals surface area (Å²) in [6.45, 7) is 4.73. The molecule has 130 valence electrons. The van der Waals surface area contributed by atoms with Gasteiger partial charge in [0.05, 0.1) is 19.8 Å². The Kier molecular flexibility index (Phi) is 5.85. The van der Waals surface area contributed by atoms with Crippen LogP contribution in [0.25, 0.3) is 0 Å². The van der Waals surface area contributed by atoms with E-state index in [4.69, 9.17) is 9.47 Å². The average molecular weight is 340 g/mol. The minimum absolute atomic E-state index is 0. The third-order valence-corrected chi connectivity index (χ3v) is 5.44. The summed E-state index contributed by atoms with van der Waals surface area (Å²) >= 11 is 0. The highest BCUT2D eigenvalue weighted by Gasteiger charge is 2.40. The van der Waals surface area contributed by atoms with Crippen LogP contribution < -0.4 is 27.2 Å². The summed E-state index contributed by atoms with van der Waals surface area (Å²) < 4.78 is 11.1. The number of hydrogen-bond donors (Lipinski definition) is 1. The molecule has 1 atom stereocenters. The second kappa shape index (κ2) is 7.31. The minimum atomic E-state index is 0. The lowest BCUT2D eigenvalue weighted by atomic mass is 9.74. The molecule has 1 heterocycles. The zero-order valence-corrected chi connectivity index (χ0v) is 15.6. The molecule has 0 spiro atoms. The van der Waals surface area contributed by atoms with E-state index < -0.39 is 0 Å². The van der Waals surface area contributed by atoms with E-state index >= 15 is 0 Å². The highest BCUT2D eigenvalue weighted by atomic mass is 35.5. The monoisotopic (exact) mass is 339 g/mol. The molecule has 4 heteroatoms. The molecule has 0 radical (unpaired) electrons. The molecule has 0 aromatic heterocycles. The Morgan fingerprint density at radius 1 is 1.00 bits per heavy atom. The molecule has 0 bridgehead atoms. The summed E-state index contributed by atoms with van der Waals surface area (Å²) in [4.78, 5) is 0. The Bertz CT molecular complexity index is 538. The fourth-order valence-electron chi connectivity index (χ4n) is 4.41. The maximum atomic E-state index is 5.55. The number of ether oxygens (including phenoxy) is 2. The maximum Gasteiger partial charge on any atom is 0.161 e. The molecular weight excluding hydrogens is 310 g/mol. The van der Waals surface area contributed by atoms with Crippen LogP contribution in [0.4, 0.5) is 0 Å². The average Bonchev–Trinajstić information content (AvgIpc) is 2.53. The van der Waals surface area contributed by atoms with Crippen molar-refractivity contribution in [3.05, 3.63) is 23.3 Å². The lowest BCUT2D eigenvalue weighted by molar-refractivity contribution is -0.766. The highest BCUT2D eigenvalue weighted by Crippen LogP contribution is 2.41. The molecule has 2 N–H and O–H groups in total. The number of methoxy groups -OCH3 is 2. The van der Waals surface area contributed by atoms with E-state index in [2.05, 4.69) is 31.3 Å². The van der Waals surface area contributed by atoms with Gasteiger partial charge in [-0.2, -0.15) is 0 Å². The van der Waals surface area contributed by atoms with Crippen molar-refractivity contribution in [2.24, 2.45) is 5.92 Å². The predicted octanol–water partition coefficient (Wildman–Crippen LogP) is 0.227. The second-order valence-electron chi connectivity index (χ2n) is 7.66. The van der Waals surface area contributed by atoms with Crippen molar-refractivity contribution in [1.82, 2.24) is 0 Å². The van der Waals surface area contributed by atoms with Gasteiger partial charge >= 0.3 is 0 Å². The minimum Gasteiger partial charge on any atom is -1.00 e. The van der Waals surface area contributed by atoms with Crippen LogP contribution in [-0.2, 0) is 6.42 Å². The Morgan fingerprint density at radius 3 is 2.22 bits per heavy atom. The van der Waals surface area contributed by atoms with E-state index in [1.807, 2.05) is 0 Å². The summed E-state index contributed by atoms with van der Waals surface area (Å²) in [5, 5.41) is 2.61. The predicted molar refractivity (Wildman–Crippen MR) is 88.6 cm³/mol. The summed E-state index contributed by atoms with van der Waals surface area (Å²) in [7, 11) is 3.46. The number of benzene rings is 1. The van der Waals surface area contributed by atoms with Crippen LogP contribution in [0.3, 0.4) is 0 Å². The van der Waals surface area contributed by atoms with Gasteiger partial charge in [-0.3, -0.25) is 0 Å². The van der Waals surface area contributed by atoms with Gasteiger partial charge in [-0.1, -0.05) is 19.3 Å². The molecule has 3 rings (SSSR count). The molecule has 1 aliphatic carbocycles. The quantitative estimate of drug-likeness (QED) is 0.855. The third kappa shape index (κ3) is 3.77. The fourth-order valence-corrected chi connectivity index (χ4v) is 4.41. The lowest BCUT2D eigenvalue weighted by Crippen LogP contribution is -3.00. The maximum absolute atomic E-state index is 5.55. The lowest BCUT2D eigenvalue weighted by Gasteiger charge is -2.40. The van der Waals surface area contributed by atoms with Crippen molar-refractivity contribution >= 4 is 0 Å². The molecule has 1 unspecified atom stereocenters. The Hall–Kier alpha value is -0.930. The number of halogens is 1. The van der Waals surface area contributed by atoms with E-state index in [0.29, 0.717) is 6.04 Å². The van der Waals surface area contributed by atoms with Crippen molar-refractivity contribution in [1.29, 1.82) is 0 Å². The number of fused-ring (bicyclic) bond motifs is 1. The summed E-state index contributed by atoms with van der Waals surface area (Å²) in [5.74, 6) is 2.53. The molecule has 1 aromatic rings. The smallest absolute Gasteiger partial charge is 0.161 e. The van der Waals surface area contributed by atoms with Crippen molar-refractivity contribution in [2.75, 3.05) is 14.2 Å². The number of quaternary nitrogens is 1. The van der Waals surface area contributed by atoms with Crippen LogP contribution >= 0.6 is 0 Å². The molecule has 2 aliphatic rings. The zero-order chi connectivity index (χ0) is 15.7. The van der Waals surface area contributed by atoms with E-state index in [9.17, 15) is 0 Å². The fraction of sp³-hybridized carbons (Fsp3) is 0.684. The van der Waals surface area contributed by atoms with Crippen LogP contribution in [0.1, 0.15) is 63.1 Å². The van der Waals surface area contributed by atoms with Crippen molar-refractivity contribution in [3.8, 4) is 11.5 Å². The molecule has 1 saturated carbocycles. The van der Waals surface area contributed by atoms with Crippen molar-refractivity contribution in [3.63, 3.8) is 0 Å². The van der Waals surface area contributed by atoms with Gasteiger partial charge in [0.25, 0.3) is 0 Å². The van der Waals surface area contributed by atoms with Crippen LogP contribution in [0.15, 0.2) is 12.1 Å². The van der Waals surface area contributed by atoms with Crippen molar-refractivity contribution in [2.45, 2.75) is 64.0 Å². The third-order valence-electron chi connectivity index (χ3n) is 5.44. The highest BCUT2D eigenvalue weighted by molar-refractivity contribution is 5.49. The van der Waals surface area contributed by atoms with Crippen LogP contribution in [0.2, 0.25) is 0 Å². The van der Waals surface area contributed by atoms with Gasteiger partial charge < -0.3 is 27.2 Å². The molecule has 0 saturated heterocycles. The van der Waals surface area contributed by atoms with E-state index in [1.54, 1.807) is 14.2 Å². The second-order valence-corrected chi connectivity index (χ2v) is 7.66. The van der Waals surface area contributed by atoms with Gasteiger partial charge in [0.15, 0.2) is 11.5 Å². The number of rotatable bonds is 3. The molecule has 1 aliphatic heterocycles. The zero-order valence-electron chi connectivity index (χ0n) is 14.8. The van der Waals surface area contributed by atoms with Gasteiger partial charge in [0, 0.05) is 17.9 Å². The molecule has 0 amide bonds. The van der Waals surface area contributed by atoms with Gasteiger partial charge in [-0.15, -0.1) is 0 Å². The number of hydrogen-bond acceptors (Lipinski definition) is 2. The number of nitrogens with two attached hydrogens (primary N) is 1.